The van der Waals surface area contributed by atoms with Crippen LogP contribution in [0, 0.1) is 29.6 Å². The van der Waals surface area contributed by atoms with E-state index < -0.39 is 35.6 Å². The molecular formula is C21H39F5S. The predicted octanol–water partition coefficient (Wildman–Crippen LogP) is 8.11. The Kier molecular flexibility index (Phi) is 12.5. The Morgan fingerprint density at radius 2 is 1.30 bits per heavy atom. The third-order valence-corrected chi connectivity index (χ3v) is 6.83. The predicted molar refractivity (Wildman–Crippen MR) is 108 cm³/mol. The highest BCUT2D eigenvalue weighted by molar-refractivity contribution is 7.99. The van der Waals surface area contributed by atoms with Crippen LogP contribution in [0.25, 0.3) is 0 Å². The van der Waals surface area contributed by atoms with Crippen molar-refractivity contribution in [1.82, 2.24) is 0 Å². The van der Waals surface area contributed by atoms with Crippen LogP contribution in [0.4, 0.5) is 22.0 Å². The number of rotatable bonds is 14. The van der Waals surface area contributed by atoms with Crippen molar-refractivity contribution in [2.45, 2.75) is 97.9 Å². The minimum absolute atomic E-state index is 0.110. The van der Waals surface area contributed by atoms with Crippen LogP contribution in [-0.2, 0) is 0 Å². The number of thioether (sulfide) groups is 1. The topological polar surface area (TPSA) is 0 Å². The molecule has 27 heavy (non-hydrogen) atoms. The molecule has 0 saturated heterocycles. The van der Waals surface area contributed by atoms with Gasteiger partial charge in [-0.25, -0.2) is 22.0 Å². The van der Waals surface area contributed by atoms with Crippen LogP contribution in [0.1, 0.15) is 74.1 Å². The van der Waals surface area contributed by atoms with Crippen molar-refractivity contribution in [3.63, 3.8) is 0 Å². The first kappa shape index (κ1) is 27.0. The van der Waals surface area contributed by atoms with E-state index in [0.29, 0.717) is 18.6 Å². The quantitative estimate of drug-likeness (QED) is 0.257. The van der Waals surface area contributed by atoms with Crippen LogP contribution < -0.4 is 0 Å². The van der Waals surface area contributed by atoms with Crippen molar-refractivity contribution in [3.05, 3.63) is 0 Å². The fourth-order valence-electron chi connectivity index (χ4n) is 2.84. The summed E-state index contributed by atoms with van der Waals surface area (Å²) < 4.78 is 69.8. The summed E-state index contributed by atoms with van der Waals surface area (Å²) >= 11 is 1.11. The molecule has 0 aliphatic carbocycles. The second-order valence-electron chi connectivity index (χ2n) is 8.78. The number of hydrogen-bond donors (Lipinski definition) is 0. The highest BCUT2D eigenvalue weighted by Gasteiger charge is 2.39. The zero-order valence-electron chi connectivity index (χ0n) is 18.0. The third kappa shape index (κ3) is 9.85. The normalized spacial score (nSPS) is 19.8. The standard InChI is InChI=1S/C21H39F5S/c1-13(2)18(22)12-19(23)15(5)10-11-27-20(24)16(6)8-9-17(7)21(25,26)14(3)4/h13-20H,8-12H2,1-7H3. The van der Waals surface area contributed by atoms with Crippen LogP contribution in [0.3, 0.4) is 0 Å². The fourth-order valence-corrected chi connectivity index (χ4v) is 4.03. The van der Waals surface area contributed by atoms with Crippen LogP contribution in [0.5, 0.6) is 0 Å². The van der Waals surface area contributed by atoms with E-state index >= 15 is 0 Å². The van der Waals surface area contributed by atoms with Gasteiger partial charge in [-0.1, -0.05) is 48.5 Å². The minimum Gasteiger partial charge on any atom is -0.247 e. The molecular weight excluding hydrogens is 379 g/mol. The molecule has 0 saturated carbocycles. The number of alkyl halides is 5. The van der Waals surface area contributed by atoms with Crippen molar-refractivity contribution in [2.24, 2.45) is 29.6 Å². The summed E-state index contributed by atoms with van der Waals surface area (Å²) in [5, 5.41) is 0. The van der Waals surface area contributed by atoms with Gasteiger partial charge in [-0.15, -0.1) is 11.8 Å². The molecule has 0 amide bonds. The Labute approximate surface area is 167 Å². The average molecular weight is 419 g/mol. The van der Waals surface area contributed by atoms with Gasteiger partial charge >= 0.3 is 0 Å². The molecule has 0 aromatic carbocycles. The summed E-state index contributed by atoms with van der Waals surface area (Å²) in [6, 6.07) is 0. The highest BCUT2D eigenvalue weighted by atomic mass is 32.2. The van der Waals surface area contributed by atoms with Gasteiger partial charge in [-0.2, -0.15) is 0 Å². The molecule has 0 aliphatic rings. The molecule has 0 aromatic heterocycles. The Hall–Kier alpha value is -0.0000000000000000555. The second kappa shape index (κ2) is 12.5. The van der Waals surface area contributed by atoms with Crippen LogP contribution in [-0.4, -0.2) is 29.5 Å². The Bertz CT molecular complexity index is 389. The van der Waals surface area contributed by atoms with Gasteiger partial charge in [-0.3, -0.25) is 0 Å². The fraction of sp³-hybridized carbons (Fsp3) is 1.00. The third-order valence-electron chi connectivity index (χ3n) is 5.57. The van der Waals surface area contributed by atoms with Gasteiger partial charge in [0, 0.05) is 18.3 Å². The zero-order valence-corrected chi connectivity index (χ0v) is 18.8. The molecule has 0 aliphatic heterocycles. The molecule has 0 nitrogen and oxygen atoms in total. The van der Waals surface area contributed by atoms with E-state index in [1.165, 1.54) is 20.8 Å². The summed E-state index contributed by atoms with van der Waals surface area (Å²) in [6.45, 7) is 11.4. The Morgan fingerprint density at radius 3 is 1.78 bits per heavy atom. The molecule has 0 bridgehead atoms. The lowest BCUT2D eigenvalue weighted by molar-refractivity contribution is -0.0954. The van der Waals surface area contributed by atoms with E-state index in [-0.39, 0.29) is 30.6 Å². The van der Waals surface area contributed by atoms with E-state index in [4.69, 9.17) is 0 Å². The summed E-state index contributed by atoms with van der Waals surface area (Å²) in [5.41, 5.74) is -1.15. The van der Waals surface area contributed by atoms with E-state index in [1.54, 1.807) is 27.7 Å². The van der Waals surface area contributed by atoms with Gasteiger partial charge in [-0.05, 0) is 42.8 Å². The highest BCUT2D eigenvalue weighted by Crippen LogP contribution is 2.37. The molecule has 6 atom stereocenters. The summed E-state index contributed by atoms with van der Waals surface area (Å²) in [7, 11) is 0. The molecule has 164 valence electrons. The van der Waals surface area contributed by atoms with Crippen LogP contribution >= 0.6 is 11.8 Å². The molecule has 0 fully saturated rings. The molecule has 0 aromatic rings. The maximum absolute atomic E-state index is 14.3. The van der Waals surface area contributed by atoms with Crippen molar-refractivity contribution in [2.75, 3.05) is 5.75 Å². The van der Waals surface area contributed by atoms with Gasteiger partial charge in [0.1, 0.15) is 17.8 Å². The van der Waals surface area contributed by atoms with Crippen molar-refractivity contribution >= 4 is 11.8 Å². The number of hydrogen-bond acceptors (Lipinski definition) is 1. The summed E-state index contributed by atoms with van der Waals surface area (Å²) in [4.78, 5) is 0. The van der Waals surface area contributed by atoms with Crippen LogP contribution in [0.15, 0.2) is 0 Å². The van der Waals surface area contributed by atoms with Crippen LogP contribution in [0.2, 0.25) is 0 Å². The molecule has 0 radical (unpaired) electrons. The Balaban J connectivity index is 4.18. The Morgan fingerprint density at radius 1 is 0.741 bits per heavy atom. The lowest BCUT2D eigenvalue weighted by Gasteiger charge is -2.28. The first-order valence-electron chi connectivity index (χ1n) is 10.2. The monoisotopic (exact) mass is 418 g/mol. The van der Waals surface area contributed by atoms with Gasteiger partial charge < -0.3 is 0 Å². The van der Waals surface area contributed by atoms with E-state index in [0.717, 1.165) is 11.8 Å². The molecule has 0 N–H and O–H groups in total. The van der Waals surface area contributed by atoms with Crippen molar-refractivity contribution in [1.29, 1.82) is 0 Å². The largest absolute Gasteiger partial charge is 0.252 e. The first-order valence-corrected chi connectivity index (χ1v) is 11.3. The maximum Gasteiger partial charge on any atom is 0.252 e. The van der Waals surface area contributed by atoms with Gasteiger partial charge in [0.05, 0.1) is 0 Å². The maximum atomic E-state index is 14.3. The zero-order chi connectivity index (χ0) is 21.4. The molecule has 0 heterocycles. The lowest BCUT2D eigenvalue weighted by Crippen LogP contribution is -2.32. The van der Waals surface area contributed by atoms with E-state index in [2.05, 4.69) is 0 Å². The lowest BCUT2D eigenvalue weighted by atomic mass is 9.88. The van der Waals surface area contributed by atoms with Crippen molar-refractivity contribution < 1.29 is 22.0 Å². The molecule has 0 rings (SSSR count). The molecule has 0 spiro atoms. The average Bonchev–Trinajstić information content (AvgIpc) is 2.58. The first-order chi connectivity index (χ1) is 12.3. The number of halogens is 5. The van der Waals surface area contributed by atoms with Gasteiger partial charge in [0.25, 0.3) is 5.92 Å². The minimum atomic E-state index is -2.74. The molecule has 6 unspecified atom stereocenters. The summed E-state index contributed by atoms with van der Waals surface area (Å²) in [5.74, 6) is -4.65. The smallest absolute Gasteiger partial charge is 0.247 e. The van der Waals surface area contributed by atoms with Gasteiger partial charge in [0.15, 0.2) is 0 Å². The second-order valence-corrected chi connectivity index (χ2v) is 9.98. The van der Waals surface area contributed by atoms with Crippen molar-refractivity contribution in [3.8, 4) is 0 Å². The van der Waals surface area contributed by atoms with E-state index in [1.807, 2.05) is 0 Å². The van der Waals surface area contributed by atoms with Gasteiger partial charge in [0.2, 0.25) is 0 Å². The van der Waals surface area contributed by atoms with E-state index in [9.17, 15) is 22.0 Å². The molecule has 6 heteroatoms. The SMILES string of the molecule is CC(C)C(F)CC(F)C(C)CCSC(F)C(C)CCC(C)C(F)(F)C(C)C. The summed E-state index contributed by atoms with van der Waals surface area (Å²) in [6.07, 6.45) is -1.33.